The fraction of sp³-hybridized carbons (Fsp3) is 0.318. The largest absolute Gasteiger partial charge is 0.454 e. The Bertz CT molecular complexity index is 1030. The second-order valence-electron chi connectivity index (χ2n) is 6.84. The molecule has 3 aromatic rings. The minimum atomic E-state index is -0.570. The van der Waals surface area contributed by atoms with Crippen LogP contribution < -0.4 is 0 Å². The molecule has 29 heavy (non-hydrogen) atoms. The number of aryl methyl sites for hydroxylation is 1. The van der Waals surface area contributed by atoms with Crippen molar-refractivity contribution in [2.24, 2.45) is 0 Å². The maximum absolute atomic E-state index is 12.6. The van der Waals surface area contributed by atoms with Crippen LogP contribution in [0.5, 0.6) is 0 Å². The molecule has 0 saturated carbocycles. The third-order valence-corrected chi connectivity index (χ3v) is 5.65. The first-order valence-electron chi connectivity index (χ1n) is 9.31. The van der Waals surface area contributed by atoms with E-state index < -0.39 is 5.97 Å². The van der Waals surface area contributed by atoms with E-state index in [9.17, 15) is 9.59 Å². The Morgan fingerprint density at radius 3 is 2.76 bits per heavy atom. The van der Waals surface area contributed by atoms with E-state index in [0.717, 1.165) is 21.6 Å². The first-order valence-corrected chi connectivity index (χ1v) is 10.1. The number of ether oxygens (including phenoxy) is 2. The van der Waals surface area contributed by atoms with Crippen LogP contribution in [0.25, 0.3) is 16.3 Å². The summed E-state index contributed by atoms with van der Waals surface area (Å²) in [6, 6.07) is 9.70. The van der Waals surface area contributed by atoms with Crippen LogP contribution in [-0.2, 0) is 14.3 Å². The van der Waals surface area contributed by atoms with Gasteiger partial charge >= 0.3 is 5.97 Å². The molecular formula is C22H24N2O4S. The van der Waals surface area contributed by atoms with Crippen molar-refractivity contribution < 1.29 is 19.1 Å². The van der Waals surface area contributed by atoms with Crippen molar-refractivity contribution in [2.45, 2.75) is 26.8 Å². The maximum atomic E-state index is 12.6. The Kier molecular flexibility index (Phi) is 6.61. The van der Waals surface area contributed by atoms with Gasteiger partial charge in [-0.3, -0.25) is 4.79 Å². The van der Waals surface area contributed by atoms with Gasteiger partial charge in [0.15, 0.2) is 6.61 Å². The molecule has 0 N–H and O–H groups in total. The highest BCUT2D eigenvalue weighted by Gasteiger charge is 2.19. The molecule has 2 aromatic heterocycles. The van der Waals surface area contributed by atoms with Gasteiger partial charge in [-0.15, -0.1) is 11.3 Å². The quantitative estimate of drug-likeness (QED) is 0.312. The molecule has 1 atom stereocenters. The number of Topliss-reactive ketones (excluding diaryl/α,β-unsaturated/α-hetero) is 1. The van der Waals surface area contributed by atoms with Crippen LogP contribution in [0.4, 0.5) is 0 Å². The van der Waals surface area contributed by atoms with E-state index in [1.54, 1.807) is 13.2 Å². The Morgan fingerprint density at radius 2 is 2.03 bits per heavy atom. The van der Waals surface area contributed by atoms with Crippen LogP contribution in [0.1, 0.15) is 39.7 Å². The second-order valence-corrected chi connectivity index (χ2v) is 7.91. The average molecular weight is 413 g/mol. The molecule has 1 aromatic carbocycles. The smallest absolute Gasteiger partial charge is 0.331 e. The van der Waals surface area contributed by atoms with Crippen molar-refractivity contribution in [2.75, 3.05) is 20.3 Å². The van der Waals surface area contributed by atoms with Gasteiger partial charge < -0.3 is 14.0 Å². The number of fused-ring (bicyclic) bond motifs is 1. The lowest BCUT2D eigenvalue weighted by molar-refractivity contribution is -0.136. The van der Waals surface area contributed by atoms with Gasteiger partial charge in [0.05, 0.1) is 22.9 Å². The summed E-state index contributed by atoms with van der Waals surface area (Å²) in [6.07, 6.45) is 2.91. The number of esters is 1. The number of para-hydroxylation sites is 1. The van der Waals surface area contributed by atoms with E-state index in [-0.39, 0.29) is 18.4 Å². The van der Waals surface area contributed by atoms with Crippen LogP contribution in [0.2, 0.25) is 0 Å². The number of nitrogens with zero attached hydrogens (tertiary/aromatic N) is 2. The predicted molar refractivity (Wildman–Crippen MR) is 114 cm³/mol. The zero-order valence-electron chi connectivity index (χ0n) is 17.0. The molecule has 2 heterocycles. The molecule has 0 aliphatic carbocycles. The van der Waals surface area contributed by atoms with Gasteiger partial charge in [0, 0.05) is 30.1 Å². The van der Waals surface area contributed by atoms with Gasteiger partial charge in [0.1, 0.15) is 5.01 Å². The summed E-state index contributed by atoms with van der Waals surface area (Å²) in [5.74, 6) is -0.796. The lowest BCUT2D eigenvalue weighted by atomic mass is 10.1. The predicted octanol–water partition coefficient (Wildman–Crippen LogP) is 4.36. The van der Waals surface area contributed by atoms with E-state index in [1.165, 1.54) is 17.4 Å². The molecule has 0 aliphatic rings. The van der Waals surface area contributed by atoms with Gasteiger partial charge in [0.2, 0.25) is 5.78 Å². The van der Waals surface area contributed by atoms with Gasteiger partial charge in [-0.1, -0.05) is 12.1 Å². The number of hydrogen-bond acceptors (Lipinski definition) is 6. The SMILES string of the molecule is COC[C@H](C)n1c(C)cc(C(=O)COC(=O)/C=C/c2nc3ccccc3s2)c1C. The topological polar surface area (TPSA) is 70.4 Å². The first-order chi connectivity index (χ1) is 13.9. The molecule has 152 valence electrons. The van der Waals surface area contributed by atoms with Gasteiger partial charge in [-0.25, -0.2) is 9.78 Å². The second kappa shape index (κ2) is 9.15. The summed E-state index contributed by atoms with van der Waals surface area (Å²) in [7, 11) is 1.65. The molecule has 0 spiro atoms. The molecule has 7 heteroatoms. The molecule has 0 bridgehead atoms. The summed E-state index contributed by atoms with van der Waals surface area (Å²) in [5, 5.41) is 0.713. The van der Waals surface area contributed by atoms with Crippen molar-refractivity contribution in [3.8, 4) is 0 Å². The van der Waals surface area contributed by atoms with Crippen molar-refractivity contribution in [1.82, 2.24) is 9.55 Å². The van der Waals surface area contributed by atoms with Gasteiger partial charge in [-0.05, 0) is 45.0 Å². The molecule has 3 rings (SSSR count). The first kappa shape index (κ1) is 21.0. The lowest BCUT2D eigenvalue weighted by Gasteiger charge is -2.17. The average Bonchev–Trinajstić information content (AvgIpc) is 3.24. The zero-order chi connectivity index (χ0) is 21.0. The lowest BCUT2D eigenvalue weighted by Crippen LogP contribution is -2.16. The van der Waals surface area contributed by atoms with Crippen molar-refractivity contribution in [3.63, 3.8) is 0 Å². The number of carbonyl (C=O) groups excluding carboxylic acids is 2. The third kappa shape index (κ3) is 4.81. The highest BCUT2D eigenvalue weighted by Crippen LogP contribution is 2.23. The standard InChI is InChI=1S/C22H24N2O4S/c1-14-11-17(16(3)24(14)15(2)12-27-4)19(25)13-28-22(26)10-9-21-23-18-7-5-6-8-20(18)29-21/h5-11,15H,12-13H2,1-4H3/b10-9+/t15-/m0/s1. The summed E-state index contributed by atoms with van der Waals surface area (Å²) < 4.78 is 13.5. The van der Waals surface area contributed by atoms with Crippen LogP contribution in [0.3, 0.4) is 0 Å². The van der Waals surface area contributed by atoms with E-state index in [4.69, 9.17) is 9.47 Å². The molecule has 0 radical (unpaired) electrons. The van der Waals surface area contributed by atoms with Crippen molar-refractivity contribution in [1.29, 1.82) is 0 Å². The maximum Gasteiger partial charge on any atom is 0.331 e. The van der Waals surface area contributed by atoms with E-state index in [1.807, 2.05) is 51.1 Å². The van der Waals surface area contributed by atoms with E-state index in [0.29, 0.717) is 17.2 Å². The Hall–Kier alpha value is -2.77. The molecule has 0 amide bonds. The fourth-order valence-corrected chi connectivity index (χ4v) is 4.29. The number of carbonyl (C=O) groups is 2. The molecule has 6 nitrogen and oxygen atoms in total. The zero-order valence-corrected chi connectivity index (χ0v) is 17.8. The third-order valence-electron chi connectivity index (χ3n) is 4.65. The Morgan fingerprint density at radius 1 is 1.28 bits per heavy atom. The number of rotatable bonds is 8. The summed E-state index contributed by atoms with van der Waals surface area (Å²) in [4.78, 5) is 29.0. The van der Waals surface area contributed by atoms with Gasteiger partial charge in [0.25, 0.3) is 0 Å². The van der Waals surface area contributed by atoms with E-state index >= 15 is 0 Å². The number of thiazole rings is 1. The minimum absolute atomic E-state index is 0.112. The summed E-state index contributed by atoms with van der Waals surface area (Å²) >= 11 is 1.49. The number of ketones is 1. The fourth-order valence-electron chi connectivity index (χ4n) is 3.42. The van der Waals surface area contributed by atoms with Gasteiger partial charge in [-0.2, -0.15) is 0 Å². The Balaban J connectivity index is 1.61. The Labute approximate surface area is 173 Å². The minimum Gasteiger partial charge on any atom is -0.454 e. The summed E-state index contributed by atoms with van der Waals surface area (Å²) in [5.41, 5.74) is 3.27. The summed E-state index contributed by atoms with van der Waals surface area (Å²) in [6.45, 7) is 6.12. The molecule has 0 saturated heterocycles. The number of hydrogen-bond donors (Lipinski definition) is 0. The normalized spacial score (nSPS) is 12.6. The van der Waals surface area contributed by atoms with Crippen LogP contribution in [-0.4, -0.2) is 41.6 Å². The molecule has 0 aliphatic heterocycles. The molecular weight excluding hydrogens is 388 g/mol. The number of aromatic nitrogens is 2. The number of methoxy groups -OCH3 is 1. The monoisotopic (exact) mass is 412 g/mol. The van der Waals surface area contributed by atoms with Crippen LogP contribution in [0.15, 0.2) is 36.4 Å². The van der Waals surface area contributed by atoms with Crippen molar-refractivity contribution >= 4 is 39.4 Å². The molecule has 0 fully saturated rings. The van der Waals surface area contributed by atoms with E-state index in [2.05, 4.69) is 9.55 Å². The van der Waals surface area contributed by atoms with Crippen LogP contribution >= 0.6 is 11.3 Å². The highest BCUT2D eigenvalue weighted by atomic mass is 32.1. The number of benzene rings is 1. The highest BCUT2D eigenvalue weighted by molar-refractivity contribution is 7.19. The van der Waals surface area contributed by atoms with Crippen molar-refractivity contribution in [3.05, 3.63) is 58.4 Å². The molecule has 0 unspecified atom stereocenters. The van der Waals surface area contributed by atoms with Crippen LogP contribution in [0, 0.1) is 13.8 Å².